The number of aromatic nitrogens is 5. The van der Waals surface area contributed by atoms with Crippen molar-refractivity contribution in [2.24, 2.45) is 5.92 Å². The van der Waals surface area contributed by atoms with Crippen LogP contribution in [0.15, 0.2) is 12.4 Å². The van der Waals surface area contributed by atoms with E-state index >= 15 is 0 Å². The highest BCUT2D eigenvalue weighted by Crippen LogP contribution is 2.42. The van der Waals surface area contributed by atoms with Crippen LogP contribution in [0.5, 0.6) is 0 Å². The van der Waals surface area contributed by atoms with Crippen LogP contribution in [0, 0.1) is 5.92 Å². The van der Waals surface area contributed by atoms with Gasteiger partial charge in [-0.25, -0.2) is 0 Å². The predicted molar refractivity (Wildman–Crippen MR) is 76.8 cm³/mol. The van der Waals surface area contributed by atoms with Gasteiger partial charge in [0.15, 0.2) is 0 Å². The largest absolute Gasteiger partial charge is 0.347 e. The van der Waals surface area contributed by atoms with Crippen molar-refractivity contribution in [2.45, 2.75) is 38.1 Å². The average Bonchev–Trinajstić information content (AvgIpc) is 3.00. The molecule has 0 amide bonds. The van der Waals surface area contributed by atoms with E-state index in [1.54, 1.807) is 17.5 Å². The third-order valence-electron chi connectivity index (χ3n) is 4.16. The smallest absolute Gasteiger partial charge is 0.208 e. The Balaban J connectivity index is 1.34. The summed E-state index contributed by atoms with van der Waals surface area (Å²) in [5.74, 6) is 1.41. The number of piperidine rings is 1. The zero-order valence-corrected chi connectivity index (χ0v) is 12.2. The van der Waals surface area contributed by atoms with Crippen LogP contribution in [0.25, 0.3) is 0 Å². The Morgan fingerprint density at radius 1 is 1.15 bits per heavy atom. The highest BCUT2D eigenvalue weighted by atomic mass is 32.1. The highest BCUT2D eigenvalue weighted by molar-refractivity contribution is 7.15. The molecule has 0 atom stereocenters. The molecule has 1 saturated carbocycles. The van der Waals surface area contributed by atoms with Crippen LogP contribution >= 0.6 is 11.3 Å². The molecule has 2 aromatic rings. The first-order valence-corrected chi connectivity index (χ1v) is 8.12. The lowest BCUT2D eigenvalue weighted by molar-refractivity contribution is 0.338. The summed E-state index contributed by atoms with van der Waals surface area (Å²) in [4.78, 5) is 2.39. The standard InChI is InChI=1S/C13H18N6S/c1-2-11(1)12-15-16-13(20-12)18-6-3-10(4-7-18)9-19-8-5-14-17-19/h5,8,10-11H,1-4,6-7,9H2. The first-order chi connectivity index (χ1) is 9.88. The van der Waals surface area contributed by atoms with E-state index in [9.17, 15) is 0 Å². The monoisotopic (exact) mass is 290 g/mol. The number of hydrogen-bond acceptors (Lipinski definition) is 6. The van der Waals surface area contributed by atoms with Gasteiger partial charge in [0, 0.05) is 31.7 Å². The lowest BCUT2D eigenvalue weighted by Crippen LogP contribution is -2.35. The Morgan fingerprint density at radius 2 is 2.00 bits per heavy atom. The summed E-state index contributed by atoms with van der Waals surface area (Å²) in [5.41, 5.74) is 0. The van der Waals surface area contributed by atoms with Gasteiger partial charge >= 0.3 is 0 Å². The molecule has 106 valence electrons. The molecule has 4 rings (SSSR count). The zero-order chi connectivity index (χ0) is 13.4. The summed E-state index contributed by atoms with van der Waals surface area (Å²) in [6.45, 7) is 3.15. The second kappa shape index (κ2) is 5.12. The summed E-state index contributed by atoms with van der Waals surface area (Å²) < 4.78 is 1.94. The minimum absolute atomic E-state index is 0.698. The normalized spacial score (nSPS) is 20.5. The van der Waals surface area contributed by atoms with Gasteiger partial charge in [0.25, 0.3) is 0 Å². The molecule has 2 fully saturated rings. The van der Waals surface area contributed by atoms with Gasteiger partial charge < -0.3 is 4.90 Å². The van der Waals surface area contributed by atoms with E-state index in [1.165, 1.54) is 30.7 Å². The first-order valence-electron chi connectivity index (χ1n) is 7.31. The average molecular weight is 290 g/mol. The molecule has 2 aliphatic rings. The fourth-order valence-electron chi connectivity index (χ4n) is 2.75. The number of hydrogen-bond donors (Lipinski definition) is 0. The lowest BCUT2D eigenvalue weighted by atomic mass is 9.97. The van der Waals surface area contributed by atoms with Gasteiger partial charge in [-0.1, -0.05) is 16.6 Å². The predicted octanol–water partition coefficient (Wildman–Crippen LogP) is 1.92. The molecule has 0 aromatic carbocycles. The van der Waals surface area contributed by atoms with E-state index in [2.05, 4.69) is 25.4 Å². The number of rotatable bonds is 4. The second-order valence-corrected chi connectivity index (χ2v) is 6.74. The van der Waals surface area contributed by atoms with Crippen molar-refractivity contribution >= 4 is 16.5 Å². The topological polar surface area (TPSA) is 59.7 Å². The van der Waals surface area contributed by atoms with Gasteiger partial charge in [-0.05, 0) is 31.6 Å². The van der Waals surface area contributed by atoms with Crippen molar-refractivity contribution in [3.05, 3.63) is 17.4 Å². The highest BCUT2D eigenvalue weighted by Gasteiger charge is 2.29. The molecule has 0 radical (unpaired) electrons. The van der Waals surface area contributed by atoms with Gasteiger partial charge in [0.05, 0.1) is 6.20 Å². The van der Waals surface area contributed by atoms with Gasteiger partial charge in [-0.15, -0.1) is 15.3 Å². The molecule has 3 heterocycles. The van der Waals surface area contributed by atoms with Crippen molar-refractivity contribution in [3.63, 3.8) is 0 Å². The SMILES string of the molecule is c1cn(CC2CCN(c3nnc(C4CC4)s3)CC2)nn1. The summed E-state index contributed by atoms with van der Waals surface area (Å²) in [6, 6.07) is 0. The van der Waals surface area contributed by atoms with Crippen LogP contribution in [0.2, 0.25) is 0 Å². The Hall–Kier alpha value is -1.50. The van der Waals surface area contributed by atoms with Crippen molar-refractivity contribution < 1.29 is 0 Å². The molecule has 1 aliphatic carbocycles. The van der Waals surface area contributed by atoms with Crippen molar-refractivity contribution in [2.75, 3.05) is 18.0 Å². The molecular weight excluding hydrogens is 272 g/mol. The molecule has 2 aromatic heterocycles. The molecule has 1 saturated heterocycles. The molecular formula is C13H18N6S. The van der Waals surface area contributed by atoms with E-state index in [0.29, 0.717) is 11.8 Å². The van der Waals surface area contributed by atoms with Crippen LogP contribution in [0.4, 0.5) is 5.13 Å². The van der Waals surface area contributed by atoms with Crippen LogP contribution in [0.3, 0.4) is 0 Å². The number of nitrogens with zero attached hydrogens (tertiary/aromatic N) is 6. The minimum Gasteiger partial charge on any atom is -0.347 e. The summed E-state index contributed by atoms with van der Waals surface area (Å²) in [6.07, 6.45) is 8.68. The Morgan fingerprint density at radius 3 is 2.70 bits per heavy atom. The van der Waals surface area contributed by atoms with Crippen LogP contribution in [-0.4, -0.2) is 38.3 Å². The first kappa shape index (κ1) is 12.3. The fraction of sp³-hybridized carbons (Fsp3) is 0.692. The third kappa shape index (κ3) is 2.54. The Bertz CT molecular complexity index is 553. The third-order valence-corrected chi connectivity index (χ3v) is 5.31. The quantitative estimate of drug-likeness (QED) is 0.861. The van der Waals surface area contributed by atoms with Crippen LogP contribution in [0.1, 0.15) is 36.6 Å². The van der Waals surface area contributed by atoms with Gasteiger partial charge in [-0.3, -0.25) is 4.68 Å². The van der Waals surface area contributed by atoms with Crippen LogP contribution < -0.4 is 4.90 Å². The molecule has 7 heteroatoms. The van der Waals surface area contributed by atoms with E-state index < -0.39 is 0 Å². The maximum absolute atomic E-state index is 4.37. The lowest BCUT2D eigenvalue weighted by Gasteiger charge is -2.31. The van der Waals surface area contributed by atoms with Gasteiger partial charge in [0.2, 0.25) is 5.13 Å². The summed E-state index contributed by atoms with van der Waals surface area (Å²) in [7, 11) is 0. The van der Waals surface area contributed by atoms with Crippen LogP contribution in [-0.2, 0) is 6.54 Å². The van der Waals surface area contributed by atoms with Crippen molar-refractivity contribution in [1.82, 2.24) is 25.2 Å². The van der Waals surface area contributed by atoms with Gasteiger partial charge in [0.1, 0.15) is 5.01 Å². The molecule has 0 bridgehead atoms. The minimum atomic E-state index is 0.698. The molecule has 0 spiro atoms. The van der Waals surface area contributed by atoms with E-state index in [1.807, 2.05) is 10.9 Å². The summed E-state index contributed by atoms with van der Waals surface area (Å²) >= 11 is 1.79. The molecule has 6 nitrogen and oxygen atoms in total. The van der Waals surface area contributed by atoms with E-state index in [-0.39, 0.29) is 0 Å². The van der Waals surface area contributed by atoms with Crippen molar-refractivity contribution in [3.8, 4) is 0 Å². The fourth-order valence-corrected chi connectivity index (χ4v) is 3.82. The molecule has 1 aliphatic heterocycles. The second-order valence-electron chi connectivity index (χ2n) is 5.75. The Kier molecular flexibility index (Phi) is 3.14. The molecule has 0 N–H and O–H groups in total. The maximum Gasteiger partial charge on any atom is 0.208 e. The van der Waals surface area contributed by atoms with Gasteiger partial charge in [-0.2, -0.15) is 0 Å². The molecule has 20 heavy (non-hydrogen) atoms. The molecule has 0 unspecified atom stereocenters. The maximum atomic E-state index is 4.37. The zero-order valence-electron chi connectivity index (χ0n) is 11.4. The van der Waals surface area contributed by atoms with E-state index in [0.717, 1.165) is 24.8 Å². The Labute approximate surface area is 121 Å². The summed E-state index contributed by atoms with van der Waals surface area (Å²) in [5, 5.41) is 19.0. The number of anilines is 1. The van der Waals surface area contributed by atoms with E-state index in [4.69, 9.17) is 0 Å². The van der Waals surface area contributed by atoms with Crippen molar-refractivity contribution in [1.29, 1.82) is 0 Å².